The Morgan fingerprint density at radius 1 is 1.06 bits per heavy atom. The lowest BCUT2D eigenvalue weighted by molar-refractivity contribution is 0.0946. The summed E-state index contributed by atoms with van der Waals surface area (Å²) in [6.45, 7) is 0.997. The molecule has 2 heterocycles. The lowest BCUT2D eigenvalue weighted by atomic mass is 9.96. The molecule has 0 saturated heterocycles. The zero-order valence-corrected chi connectivity index (χ0v) is 18.2. The molecule has 33 heavy (non-hydrogen) atoms. The lowest BCUT2D eigenvalue weighted by Crippen LogP contribution is -2.31. The molecule has 1 aliphatic rings. The Kier molecular flexibility index (Phi) is 5.44. The van der Waals surface area contributed by atoms with Gasteiger partial charge < -0.3 is 20.5 Å². The first-order valence-corrected chi connectivity index (χ1v) is 10.7. The number of ether oxygens (including phenoxy) is 2. The van der Waals surface area contributed by atoms with Crippen molar-refractivity contribution in [3.05, 3.63) is 89.6 Å². The molecule has 7 heteroatoms. The molecule has 5 rings (SSSR count). The standard InChI is InChI=1S/C26H24N4O3/c1-32-22-8-5-17(6-9-22)16-33-26-24(15-30(29-26)21-4-2-3-20(27)14-21)18-7-10-23-19(13-18)11-12-28-25(23)31/h2-10,13-15H,11-12,16,27H2,1H3,(H,28,31). The molecule has 0 fully saturated rings. The number of carbonyl (C=O) groups is 1. The van der Waals surface area contributed by atoms with Crippen LogP contribution in [0, 0.1) is 0 Å². The smallest absolute Gasteiger partial charge is 0.251 e. The minimum Gasteiger partial charge on any atom is -0.497 e. The maximum absolute atomic E-state index is 12.2. The zero-order chi connectivity index (χ0) is 22.8. The maximum atomic E-state index is 12.2. The van der Waals surface area contributed by atoms with E-state index in [0.29, 0.717) is 30.3 Å². The fourth-order valence-electron chi connectivity index (χ4n) is 3.93. The minimum absolute atomic E-state index is 0.0331. The van der Waals surface area contributed by atoms with Crippen molar-refractivity contribution < 1.29 is 14.3 Å². The molecule has 1 amide bonds. The molecule has 0 aliphatic carbocycles. The molecule has 0 atom stereocenters. The molecular formula is C26H24N4O3. The first-order valence-electron chi connectivity index (χ1n) is 10.7. The number of methoxy groups -OCH3 is 1. The van der Waals surface area contributed by atoms with Crippen molar-refractivity contribution in [2.24, 2.45) is 0 Å². The Bertz CT molecular complexity index is 1310. The predicted molar refractivity (Wildman–Crippen MR) is 127 cm³/mol. The summed E-state index contributed by atoms with van der Waals surface area (Å²) in [5, 5.41) is 7.59. The molecule has 7 nitrogen and oxygen atoms in total. The predicted octanol–water partition coefficient (Wildman–Crippen LogP) is 4.00. The van der Waals surface area contributed by atoms with E-state index in [0.717, 1.165) is 40.1 Å². The highest BCUT2D eigenvalue weighted by atomic mass is 16.5. The number of nitrogens with one attached hydrogen (secondary N) is 1. The molecular weight excluding hydrogens is 416 g/mol. The second-order valence-corrected chi connectivity index (χ2v) is 7.90. The number of fused-ring (bicyclic) bond motifs is 1. The Labute approximate surface area is 191 Å². The van der Waals surface area contributed by atoms with Crippen molar-refractivity contribution >= 4 is 11.6 Å². The summed E-state index contributed by atoms with van der Waals surface area (Å²) in [4.78, 5) is 12.2. The van der Waals surface area contributed by atoms with Crippen molar-refractivity contribution in [2.45, 2.75) is 13.0 Å². The zero-order valence-electron chi connectivity index (χ0n) is 18.2. The van der Waals surface area contributed by atoms with E-state index in [1.54, 1.807) is 11.8 Å². The van der Waals surface area contributed by atoms with E-state index in [1.807, 2.05) is 66.9 Å². The number of aromatic nitrogens is 2. The summed E-state index contributed by atoms with van der Waals surface area (Å²) >= 11 is 0. The quantitative estimate of drug-likeness (QED) is 0.442. The molecule has 0 saturated carbocycles. The number of nitrogen functional groups attached to an aromatic ring is 1. The van der Waals surface area contributed by atoms with Crippen LogP contribution in [-0.2, 0) is 13.0 Å². The Hall–Kier alpha value is -4.26. The van der Waals surface area contributed by atoms with E-state index >= 15 is 0 Å². The van der Waals surface area contributed by atoms with Gasteiger partial charge in [0.2, 0.25) is 5.88 Å². The summed E-state index contributed by atoms with van der Waals surface area (Å²) in [6.07, 6.45) is 2.73. The van der Waals surface area contributed by atoms with Gasteiger partial charge in [-0.1, -0.05) is 30.3 Å². The monoisotopic (exact) mass is 440 g/mol. The number of hydrogen-bond acceptors (Lipinski definition) is 5. The van der Waals surface area contributed by atoms with Gasteiger partial charge in [0.25, 0.3) is 5.91 Å². The summed E-state index contributed by atoms with van der Waals surface area (Å²) in [7, 11) is 1.64. The van der Waals surface area contributed by atoms with Crippen molar-refractivity contribution in [1.82, 2.24) is 15.1 Å². The number of carbonyl (C=O) groups excluding carboxylic acids is 1. The first kappa shape index (κ1) is 20.6. The lowest BCUT2D eigenvalue weighted by Gasteiger charge is -2.17. The summed E-state index contributed by atoms with van der Waals surface area (Å²) in [5.41, 5.74) is 12.0. The van der Waals surface area contributed by atoms with Crippen molar-refractivity contribution in [1.29, 1.82) is 0 Å². The van der Waals surface area contributed by atoms with E-state index in [9.17, 15) is 4.79 Å². The minimum atomic E-state index is -0.0331. The number of amides is 1. The third-order valence-corrected chi connectivity index (χ3v) is 5.69. The molecule has 1 aliphatic heterocycles. The molecule has 1 aromatic heterocycles. The number of nitrogens with zero attached hydrogens (tertiary/aromatic N) is 2. The van der Waals surface area contributed by atoms with Gasteiger partial charge in [-0.25, -0.2) is 4.68 Å². The van der Waals surface area contributed by atoms with Crippen LogP contribution in [0.3, 0.4) is 0 Å². The summed E-state index contributed by atoms with van der Waals surface area (Å²) in [5.74, 6) is 1.27. The Morgan fingerprint density at radius 2 is 1.91 bits per heavy atom. The fourth-order valence-corrected chi connectivity index (χ4v) is 3.93. The fraction of sp³-hybridized carbons (Fsp3) is 0.154. The highest BCUT2D eigenvalue weighted by Crippen LogP contribution is 2.33. The average molecular weight is 441 g/mol. The number of anilines is 1. The van der Waals surface area contributed by atoms with Crippen LogP contribution in [0.15, 0.2) is 72.9 Å². The van der Waals surface area contributed by atoms with E-state index in [2.05, 4.69) is 11.4 Å². The Morgan fingerprint density at radius 3 is 2.70 bits per heavy atom. The molecule has 4 aromatic rings. The van der Waals surface area contributed by atoms with Crippen LogP contribution in [0.5, 0.6) is 11.6 Å². The number of nitrogens with two attached hydrogens (primary N) is 1. The van der Waals surface area contributed by atoms with Gasteiger partial charge in [-0.05, 0) is 59.5 Å². The van der Waals surface area contributed by atoms with Gasteiger partial charge in [0.05, 0.1) is 18.4 Å². The van der Waals surface area contributed by atoms with E-state index in [-0.39, 0.29) is 5.91 Å². The third-order valence-electron chi connectivity index (χ3n) is 5.69. The third kappa shape index (κ3) is 4.25. The number of hydrogen-bond donors (Lipinski definition) is 2. The topological polar surface area (TPSA) is 91.4 Å². The summed E-state index contributed by atoms with van der Waals surface area (Å²) < 4.78 is 13.2. The summed E-state index contributed by atoms with van der Waals surface area (Å²) in [6, 6.07) is 21.1. The second-order valence-electron chi connectivity index (χ2n) is 7.90. The largest absolute Gasteiger partial charge is 0.497 e. The van der Waals surface area contributed by atoms with Crippen LogP contribution >= 0.6 is 0 Å². The van der Waals surface area contributed by atoms with Gasteiger partial charge in [0.15, 0.2) is 0 Å². The van der Waals surface area contributed by atoms with Crippen LogP contribution in [-0.4, -0.2) is 29.3 Å². The Balaban J connectivity index is 1.51. The highest BCUT2D eigenvalue weighted by Gasteiger charge is 2.20. The van der Waals surface area contributed by atoms with E-state index in [1.165, 1.54) is 0 Å². The normalized spacial score (nSPS) is 12.7. The van der Waals surface area contributed by atoms with Gasteiger partial charge in [-0.15, -0.1) is 5.10 Å². The van der Waals surface area contributed by atoms with Crippen LogP contribution in [0.4, 0.5) is 5.69 Å². The van der Waals surface area contributed by atoms with Crippen LogP contribution in [0.2, 0.25) is 0 Å². The van der Waals surface area contributed by atoms with Crippen LogP contribution < -0.4 is 20.5 Å². The SMILES string of the molecule is COc1ccc(COc2nn(-c3cccc(N)c3)cc2-c2ccc3c(c2)CCNC3=O)cc1. The van der Waals surface area contributed by atoms with E-state index in [4.69, 9.17) is 20.3 Å². The van der Waals surface area contributed by atoms with Gasteiger partial charge in [-0.2, -0.15) is 0 Å². The molecule has 0 radical (unpaired) electrons. The van der Waals surface area contributed by atoms with Gasteiger partial charge in [0, 0.05) is 24.0 Å². The van der Waals surface area contributed by atoms with Gasteiger partial charge in [0.1, 0.15) is 12.4 Å². The maximum Gasteiger partial charge on any atom is 0.251 e. The van der Waals surface area contributed by atoms with Crippen molar-refractivity contribution in [2.75, 3.05) is 19.4 Å². The first-order chi connectivity index (χ1) is 16.1. The molecule has 0 bridgehead atoms. The van der Waals surface area contributed by atoms with Gasteiger partial charge >= 0.3 is 0 Å². The van der Waals surface area contributed by atoms with Gasteiger partial charge in [-0.3, -0.25) is 4.79 Å². The van der Waals surface area contributed by atoms with Crippen molar-refractivity contribution in [3.8, 4) is 28.4 Å². The number of benzene rings is 3. The van der Waals surface area contributed by atoms with Crippen LogP contribution in [0.25, 0.3) is 16.8 Å². The molecule has 0 spiro atoms. The number of rotatable bonds is 6. The molecule has 3 N–H and O–H groups in total. The van der Waals surface area contributed by atoms with E-state index < -0.39 is 0 Å². The second kappa shape index (κ2) is 8.70. The van der Waals surface area contributed by atoms with Crippen LogP contribution in [0.1, 0.15) is 21.5 Å². The highest BCUT2D eigenvalue weighted by molar-refractivity contribution is 5.97. The van der Waals surface area contributed by atoms with Crippen molar-refractivity contribution in [3.63, 3.8) is 0 Å². The average Bonchev–Trinajstić information content (AvgIpc) is 3.27. The molecule has 0 unspecified atom stereocenters. The molecule has 166 valence electrons. The molecule has 3 aromatic carbocycles.